The average molecular weight is 873 g/mol. The Balaban J connectivity index is 0.886. The number of carbonyl (C=O) groups is 2. The van der Waals surface area contributed by atoms with Crippen molar-refractivity contribution < 1.29 is 93.4 Å². The monoisotopic (exact) mass is 872 g/mol. The van der Waals surface area contributed by atoms with Gasteiger partial charge in [0.2, 0.25) is 0 Å². The molecule has 0 aromatic heterocycles. The fraction of sp³-hybridized carbons (Fsp3) is 0.905. The van der Waals surface area contributed by atoms with E-state index in [1.54, 1.807) is 13.0 Å². The first-order chi connectivity index (χ1) is 28.9. The van der Waals surface area contributed by atoms with E-state index in [4.69, 9.17) is 37.9 Å². The predicted molar refractivity (Wildman–Crippen MR) is 203 cm³/mol. The van der Waals surface area contributed by atoms with Crippen molar-refractivity contribution >= 4 is 12.3 Å². The Bertz CT molecular complexity index is 1630. The van der Waals surface area contributed by atoms with Gasteiger partial charge in [-0.3, -0.25) is 0 Å². The zero-order valence-corrected chi connectivity index (χ0v) is 34.8. The number of cyclic esters (lactones) is 1. The number of aliphatic hydroxyl groups excluding tert-OH is 7. The van der Waals surface area contributed by atoms with Gasteiger partial charge in [-0.1, -0.05) is 6.92 Å². The molecular formula is C42H64O19. The van der Waals surface area contributed by atoms with Crippen molar-refractivity contribution in [2.45, 2.75) is 181 Å². The molecule has 0 bridgehead atoms. The molecule has 4 heterocycles. The van der Waals surface area contributed by atoms with Gasteiger partial charge in [-0.15, -0.1) is 0 Å². The lowest BCUT2D eigenvalue weighted by atomic mass is 9.41. The third-order valence-electron chi connectivity index (χ3n) is 16.3. The molecule has 8 aliphatic rings. The van der Waals surface area contributed by atoms with E-state index in [1.165, 1.54) is 7.11 Å². The van der Waals surface area contributed by atoms with E-state index in [0.717, 1.165) is 18.3 Å². The third-order valence-corrected chi connectivity index (χ3v) is 16.3. The van der Waals surface area contributed by atoms with Gasteiger partial charge in [0, 0.05) is 31.4 Å². The van der Waals surface area contributed by atoms with Gasteiger partial charge in [0.05, 0.1) is 48.1 Å². The van der Waals surface area contributed by atoms with Crippen LogP contribution in [0.1, 0.15) is 78.1 Å². The number of hydrogen-bond donors (Lipinski definition) is 9. The van der Waals surface area contributed by atoms with Gasteiger partial charge in [-0.25, -0.2) is 4.79 Å². The second-order valence-electron chi connectivity index (χ2n) is 19.2. The Morgan fingerprint density at radius 2 is 1.51 bits per heavy atom. The van der Waals surface area contributed by atoms with Gasteiger partial charge < -0.3 is 88.6 Å². The lowest BCUT2D eigenvalue weighted by molar-refractivity contribution is -0.355. The summed E-state index contributed by atoms with van der Waals surface area (Å²) < 4.78 is 46.7. The maximum absolute atomic E-state index is 13.3. The van der Waals surface area contributed by atoms with Crippen LogP contribution in [-0.2, 0) is 47.5 Å². The number of ether oxygens (including phenoxy) is 8. The summed E-state index contributed by atoms with van der Waals surface area (Å²) in [5, 5.41) is 97.4. The van der Waals surface area contributed by atoms with Gasteiger partial charge in [0.15, 0.2) is 18.9 Å². The number of rotatable bonds is 11. The summed E-state index contributed by atoms with van der Waals surface area (Å²) in [6, 6.07) is 0. The molecule has 3 saturated heterocycles. The number of fused-ring (bicyclic) bond motifs is 5. The van der Waals surface area contributed by atoms with Crippen LogP contribution in [0.15, 0.2) is 11.6 Å². The molecule has 4 saturated carbocycles. The molecular weight excluding hydrogens is 808 g/mol. The molecule has 7 fully saturated rings. The van der Waals surface area contributed by atoms with Crippen LogP contribution >= 0.6 is 0 Å². The minimum Gasteiger partial charge on any atom is -0.458 e. The van der Waals surface area contributed by atoms with E-state index < -0.39 is 127 Å². The maximum Gasteiger partial charge on any atom is 0.331 e. The first kappa shape index (κ1) is 45.8. The molecule has 4 aliphatic heterocycles. The number of aliphatic hydroxyl groups is 9. The molecule has 346 valence electrons. The number of hydrogen-bond acceptors (Lipinski definition) is 19. The molecule has 0 spiro atoms. The molecule has 0 unspecified atom stereocenters. The van der Waals surface area contributed by atoms with E-state index >= 15 is 0 Å². The minimum atomic E-state index is -1.75. The minimum absolute atomic E-state index is 0.00485. The Hall–Kier alpha value is -1.76. The van der Waals surface area contributed by atoms with Gasteiger partial charge in [0.1, 0.15) is 67.8 Å². The van der Waals surface area contributed by atoms with E-state index in [0.29, 0.717) is 44.9 Å². The Kier molecular flexibility index (Phi) is 12.9. The number of methoxy groups -OCH3 is 1. The summed E-state index contributed by atoms with van der Waals surface area (Å²) in [5.41, 5.74) is -3.06. The summed E-state index contributed by atoms with van der Waals surface area (Å²) in [6.07, 6.45) is -12.2. The summed E-state index contributed by atoms with van der Waals surface area (Å²) in [6.45, 7) is 2.86. The normalized spacial score (nSPS) is 53.6. The SMILES string of the molecule is CO[C@@H]1C[C@H](O[C@@H]2CC[C@]3(C=O)[C@H]4CC[C@]5(C)[C@H](C6=CC(=O)OC6)CC[C@]5(O)[C@@H]4CC[C@]3(O)C2)O[C@H](C)[C@@H]1O[C@H]1O[C@@H](CO[C@@H]2O[C@H](CO)[C@@H](O)[C@H](O)[C@@H]2O)[C@H](O)[C@@H](O)[C@@H]1O. The summed E-state index contributed by atoms with van der Waals surface area (Å²) in [7, 11) is 1.47. The highest BCUT2D eigenvalue weighted by molar-refractivity contribution is 5.85. The zero-order chi connectivity index (χ0) is 43.8. The van der Waals surface area contributed by atoms with Crippen molar-refractivity contribution in [1.82, 2.24) is 0 Å². The quantitative estimate of drug-likeness (QED) is 0.0622. The molecule has 19 nitrogen and oxygen atoms in total. The number of carbonyl (C=O) groups excluding carboxylic acids is 2. The van der Waals surface area contributed by atoms with Crippen LogP contribution in [0.4, 0.5) is 0 Å². The largest absolute Gasteiger partial charge is 0.458 e. The highest BCUT2D eigenvalue weighted by atomic mass is 16.8. The molecule has 0 amide bonds. The van der Waals surface area contributed by atoms with Crippen molar-refractivity contribution in [2.75, 3.05) is 26.9 Å². The summed E-state index contributed by atoms with van der Waals surface area (Å²) in [5.74, 6) is -0.767. The van der Waals surface area contributed by atoms with Crippen LogP contribution in [0.5, 0.6) is 0 Å². The van der Waals surface area contributed by atoms with E-state index in [9.17, 15) is 55.5 Å². The highest BCUT2D eigenvalue weighted by Crippen LogP contribution is 2.70. The van der Waals surface area contributed by atoms with Crippen LogP contribution in [0.25, 0.3) is 0 Å². The van der Waals surface area contributed by atoms with Crippen molar-refractivity contribution in [3.05, 3.63) is 11.6 Å². The summed E-state index contributed by atoms with van der Waals surface area (Å²) >= 11 is 0. The standard InChI is InChI=1S/C42H64O19/c1-19-36(61-38-35(51)33(49)31(47)27(60-38)17-56-37-34(50)32(48)30(46)26(15-43)59-37)25(54-3)13-29(57-19)58-21-4-9-40(18-44)23-5-8-39(2)22(20-12-28(45)55-16-20)7-11-42(39,53)24(23)6-10-41(40,52)14-21/h12,18-19,21-27,29-38,43,46-53H,4-11,13-17H2,1-3H3/t19-,21-,22+,23+,24-,25-,26-,27+,29+,30-,31+,32+,33-,34+,35+,36+,37-,38-,39-,40+,41+,42+/m1/s1. The third kappa shape index (κ3) is 7.55. The molecule has 61 heavy (non-hydrogen) atoms. The Morgan fingerprint density at radius 1 is 0.820 bits per heavy atom. The maximum atomic E-state index is 13.3. The lowest BCUT2D eigenvalue weighted by Crippen LogP contribution is -2.69. The van der Waals surface area contributed by atoms with Crippen LogP contribution in [0.3, 0.4) is 0 Å². The zero-order valence-electron chi connectivity index (χ0n) is 34.8. The summed E-state index contributed by atoms with van der Waals surface area (Å²) in [4.78, 5) is 25.3. The van der Waals surface area contributed by atoms with E-state index in [1.807, 2.05) is 0 Å². The van der Waals surface area contributed by atoms with Crippen molar-refractivity contribution in [2.24, 2.45) is 28.6 Å². The van der Waals surface area contributed by atoms with Crippen molar-refractivity contribution in [3.8, 4) is 0 Å². The topological polar surface area (TPSA) is 290 Å². The van der Waals surface area contributed by atoms with Gasteiger partial charge in [-0.05, 0) is 81.6 Å². The van der Waals surface area contributed by atoms with Crippen LogP contribution in [-0.4, -0.2) is 188 Å². The highest BCUT2D eigenvalue weighted by Gasteiger charge is 2.71. The first-order valence-electron chi connectivity index (χ1n) is 21.8. The number of esters is 1. The van der Waals surface area contributed by atoms with E-state index in [-0.39, 0.29) is 43.2 Å². The molecule has 9 N–H and O–H groups in total. The second-order valence-corrected chi connectivity index (χ2v) is 19.2. The van der Waals surface area contributed by atoms with Crippen molar-refractivity contribution in [3.63, 3.8) is 0 Å². The van der Waals surface area contributed by atoms with E-state index in [2.05, 4.69) is 6.92 Å². The van der Waals surface area contributed by atoms with Gasteiger partial charge in [0.25, 0.3) is 0 Å². The van der Waals surface area contributed by atoms with Crippen LogP contribution in [0.2, 0.25) is 0 Å². The molecule has 0 radical (unpaired) electrons. The first-order valence-corrected chi connectivity index (χ1v) is 21.8. The predicted octanol–water partition coefficient (Wildman–Crippen LogP) is -1.92. The molecule has 0 aromatic rings. The molecule has 19 heteroatoms. The lowest BCUT2D eigenvalue weighted by Gasteiger charge is -2.65. The van der Waals surface area contributed by atoms with Gasteiger partial charge in [-0.2, -0.15) is 0 Å². The molecule has 8 rings (SSSR count). The average Bonchev–Trinajstić information content (AvgIpc) is 3.79. The fourth-order valence-corrected chi connectivity index (χ4v) is 12.9. The Labute approximate surface area is 353 Å². The fourth-order valence-electron chi connectivity index (χ4n) is 12.9. The molecule has 4 aliphatic carbocycles. The van der Waals surface area contributed by atoms with Crippen LogP contribution < -0.4 is 0 Å². The molecule has 0 aromatic carbocycles. The number of aldehydes is 1. The smallest absolute Gasteiger partial charge is 0.331 e. The van der Waals surface area contributed by atoms with Crippen LogP contribution in [0, 0.1) is 28.6 Å². The van der Waals surface area contributed by atoms with Gasteiger partial charge >= 0.3 is 5.97 Å². The molecule has 22 atom stereocenters. The van der Waals surface area contributed by atoms with Crippen molar-refractivity contribution in [1.29, 1.82) is 0 Å². The Morgan fingerprint density at radius 3 is 2.18 bits per heavy atom. The second kappa shape index (κ2) is 17.2.